The van der Waals surface area contributed by atoms with Crippen molar-refractivity contribution in [1.29, 1.82) is 0 Å². The number of ketones is 1. The molecule has 0 saturated heterocycles. The molecule has 1 saturated carbocycles. The van der Waals surface area contributed by atoms with Crippen LogP contribution in [0.4, 0.5) is 0 Å². The summed E-state index contributed by atoms with van der Waals surface area (Å²) in [5.74, 6) is 1.37. The number of aliphatic hydroxyl groups excluding tert-OH is 1. The van der Waals surface area contributed by atoms with E-state index in [1.807, 2.05) is 6.08 Å². The lowest BCUT2D eigenvalue weighted by Gasteiger charge is -2.18. The number of aliphatic hydroxyl groups is 1. The molecule has 4 heteroatoms. The zero-order chi connectivity index (χ0) is 19.1. The summed E-state index contributed by atoms with van der Waals surface area (Å²) >= 11 is 0. The molecule has 0 radical (unpaired) electrons. The number of hydrogen-bond donors (Lipinski definition) is 1. The maximum absolute atomic E-state index is 11.9. The molecule has 4 atom stereocenters. The van der Waals surface area contributed by atoms with Crippen molar-refractivity contribution in [2.75, 3.05) is 14.1 Å². The molecule has 146 valence electrons. The molecule has 0 aromatic carbocycles. The summed E-state index contributed by atoms with van der Waals surface area (Å²) in [4.78, 5) is 25.2. The van der Waals surface area contributed by atoms with E-state index in [-0.39, 0.29) is 23.7 Å². The number of unbranched alkanes of at least 4 members (excludes halogenated alkanes) is 2. The van der Waals surface area contributed by atoms with Crippen LogP contribution in [0.25, 0.3) is 0 Å². The van der Waals surface area contributed by atoms with Crippen LogP contribution in [-0.2, 0) is 9.59 Å². The van der Waals surface area contributed by atoms with Crippen molar-refractivity contribution in [2.45, 2.75) is 70.8 Å². The van der Waals surface area contributed by atoms with Gasteiger partial charge in [-0.2, -0.15) is 0 Å². The third-order valence-corrected chi connectivity index (χ3v) is 5.87. The molecule has 2 aliphatic carbocycles. The monoisotopic (exact) mass is 361 g/mol. The smallest absolute Gasteiger partial charge is 0.222 e. The van der Waals surface area contributed by atoms with E-state index < -0.39 is 0 Å². The number of amides is 1. The Bertz CT molecular complexity index is 550. The van der Waals surface area contributed by atoms with Crippen LogP contribution >= 0.6 is 0 Å². The van der Waals surface area contributed by atoms with Gasteiger partial charge in [-0.25, -0.2) is 0 Å². The second-order valence-electron chi connectivity index (χ2n) is 8.16. The number of allylic oxidation sites excluding steroid dienone is 3. The van der Waals surface area contributed by atoms with Gasteiger partial charge in [-0.15, -0.1) is 0 Å². The first-order chi connectivity index (χ1) is 12.4. The second-order valence-corrected chi connectivity index (χ2v) is 8.16. The van der Waals surface area contributed by atoms with Crippen molar-refractivity contribution in [3.8, 4) is 0 Å². The van der Waals surface area contributed by atoms with Crippen molar-refractivity contribution < 1.29 is 14.7 Å². The Morgan fingerprint density at radius 1 is 1.23 bits per heavy atom. The maximum atomic E-state index is 11.9. The Kier molecular flexibility index (Phi) is 8.08. The zero-order valence-corrected chi connectivity index (χ0v) is 16.6. The van der Waals surface area contributed by atoms with Gasteiger partial charge in [0.15, 0.2) is 5.78 Å². The van der Waals surface area contributed by atoms with Gasteiger partial charge in [0.2, 0.25) is 5.91 Å². The molecule has 1 fully saturated rings. The van der Waals surface area contributed by atoms with Crippen LogP contribution in [0, 0.1) is 17.8 Å². The molecular formula is C22H35NO3. The van der Waals surface area contributed by atoms with Crippen LogP contribution in [0.15, 0.2) is 23.8 Å². The highest BCUT2D eigenvalue weighted by molar-refractivity contribution is 5.89. The molecular weight excluding hydrogens is 326 g/mol. The van der Waals surface area contributed by atoms with Crippen molar-refractivity contribution in [2.24, 2.45) is 17.8 Å². The van der Waals surface area contributed by atoms with E-state index in [1.54, 1.807) is 25.1 Å². The van der Waals surface area contributed by atoms with Gasteiger partial charge >= 0.3 is 0 Å². The lowest BCUT2D eigenvalue weighted by Crippen LogP contribution is -2.21. The molecule has 1 unspecified atom stereocenters. The van der Waals surface area contributed by atoms with E-state index in [9.17, 15) is 14.7 Å². The highest BCUT2D eigenvalue weighted by Gasteiger charge is 2.43. The molecule has 0 aromatic rings. The highest BCUT2D eigenvalue weighted by atomic mass is 16.3. The van der Waals surface area contributed by atoms with Crippen LogP contribution in [0.2, 0.25) is 0 Å². The first-order valence-corrected chi connectivity index (χ1v) is 10.2. The second kappa shape index (κ2) is 10.1. The third kappa shape index (κ3) is 5.80. The summed E-state index contributed by atoms with van der Waals surface area (Å²) in [6.07, 6.45) is 13.8. The fraction of sp³-hybridized carbons (Fsp3) is 0.727. The normalized spacial score (nSPS) is 27.6. The molecule has 0 bridgehead atoms. The third-order valence-electron chi connectivity index (χ3n) is 5.87. The van der Waals surface area contributed by atoms with Crippen molar-refractivity contribution in [1.82, 2.24) is 4.90 Å². The van der Waals surface area contributed by atoms with Gasteiger partial charge in [0.05, 0.1) is 6.10 Å². The number of carbonyl (C=O) groups excluding carboxylic acids is 2. The minimum absolute atomic E-state index is 0.106. The molecule has 26 heavy (non-hydrogen) atoms. The first kappa shape index (κ1) is 20.9. The summed E-state index contributed by atoms with van der Waals surface area (Å²) in [6.45, 7) is 2.09. The number of hydrogen-bond acceptors (Lipinski definition) is 3. The van der Waals surface area contributed by atoms with Gasteiger partial charge < -0.3 is 10.0 Å². The molecule has 0 aromatic heterocycles. The molecule has 2 rings (SSSR count). The number of fused-ring (bicyclic) bond motifs is 1. The van der Waals surface area contributed by atoms with Crippen molar-refractivity contribution in [3.05, 3.63) is 23.8 Å². The Balaban J connectivity index is 1.78. The summed E-state index contributed by atoms with van der Waals surface area (Å²) in [5, 5.41) is 10.4. The van der Waals surface area contributed by atoms with Gasteiger partial charge in [-0.3, -0.25) is 9.59 Å². The SMILES string of the molecule is CCCCC(=O)/C=C/[C@H]1[C@H](O)CC2C=C(CCCCC(=O)N(C)C)C[C@@H]21. The van der Waals surface area contributed by atoms with Crippen molar-refractivity contribution >= 4 is 11.7 Å². The molecule has 1 N–H and O–H groups in total. The first-order valence-electron chi connectivity index (χ1n) is 10.2. The Labute approximate surface area is 158 Å². The Morgan fingerprint density at radius 3 is 2.69 bits per heavy atom. The van der Waals surface area contributed by atoms with Crippen LogP contribution in [0.3, 0.4) is 0 Å². The van der Waals surface area contributed by atoms with Gasteiger partial charge in [0.1, 0.15) is 0 Å². The van der Waals surface area contributed by atoms with E-state index in [0.29, 0.717) is 24.7 Å². The highest BCUT2D eigenvalue weighted by Crippen LogP contribution is 2.48. The largest absolute Gasteiger partial charge is 0.392 e. The molecule has 4 nitrogen and oxygen atoms in total. The summed E-state index contributed by atoms with van der Waals surface area (Å²) in [7, 11) is 3.60. The standard InChI is InChI=1S/C22H35NO3/c1-4-5-9-18(24)11-12-19-20-14-16(13-17(20)15-21(19)25)8-6-7-10-22(26)23(2)3/h11-13,17,19-21,25H,4-10,14-15H2,1-3H3/b12-11+/t17?,19-,20+,21-/m1/s1. The Hall–Kier alpha value is -1.42. The number of rotatable bonds is 10. The fourth-order valence-electron chi connectivity index (χ4n) is 4.30. The van der Waals surface area contributed by atoms with Crippen LogP contribution in [-0.4, -0.2) is 41.9 Å². The molecule has 1 amide bonds. The Morgan fingerprint density at radius 2 is 2.00 bits per heavy atom. The lowest BCUT2D eigenvalue weighted by atomic mass is 9.88. The number of carbonyl (C=O) groups is 2. The van der Waals surface area contributed by atoms with Crippen molar-refractivity contribution in [3.63, 3.8) is 0 Å². The van der Waals surface area contributed by atoms with Crippen LogP contribution in [0.1, 0.15) is 64.7 Å². The van der Waals surface area contributed by atoms with Gasteiger partial charge in [0, 0.05) is 32.9 Å². The van der Waals surface area contributed by atoms with Gasteiger partial charge in [0.25, 0.3) is 0 Å². The quantitative estimate of drug-likeness (QED) is 0.365. The van der Waals surface area contributed by atoms with E-state index >= 15 is 0 Å². The predicted molar refractivity (Wildman–Crippen MR) is 105 cm³/mol. The minimum atomic E-state index is -0.323. The van der Waals surface area contributed by atoms with E-state index in [0.717, 1.165) is 44.9 Å². The zero-order valence-electron chi connectivity index (χ0n) is 16.6. The molecule has 0 aliphatic heterocycles. The average Bonchev–Trinajstić information content (AvgIpc) is 3.11. The minimum Gasteiger partial charge on any atom is -0.392 e. The van der Waals surface area contributed by atoms with E-state index in [1.165, 1.54) is 5.57 Å². The van der Waals surface area contributed by atoms with Crippen LogP contribution < -0.4 is 0 Å². The predicted octanol–water partition coefficient (Wildman–Crippen LogP) is 3.89. The van der Waals surface area contributed by atoms with Gasteiger partial charge in [-0.05, 0) is 56.4 Å². The lowest BCUT2D eigenvalue weighted by molar-refractivity contribution is -0.128. The van der Waals surface area contributed by atoms with E-state index in [4.69, 9.17) is 0 Å². The summed E-state index contributed by atoms with van der Waals surface area (Å²) in [6, 6.07) is 0. The summed E-state index contributed by atoms with van der Waals surface area (Å²) < 4.78 is 0. The maximum Gasteiger partial charge on any atom is 0.222 e. The molecule has 0 heterocycles. The van der Waals surface area contributed by atoms with Gasteiger partial charge in [-0.1, -0.05) is 31.1 Å². The average molecular weight is 362 g/mol. The number of nitrogens with zero attached hydrogens (tertiary/aromatic N) is 1. The molecule has 2 aliphatic rings. The fourth-order valence-corrected chi connectivity index (χ4v) is 4.30. The van der Waals surface area contributed by atoms with Crippen LogP contribution in [0.5, 0.6) is 0 Å². The molecule has 0 spiro atoms. The summed E-state index contributed by atoms with van der Waals surface area (Å²) in [5.41, 5.74) is 1.47. The van der Waals surface area contributed by atoms with E-state index in [2.05, 4.69) is 13.0 Å². The topological polar surface area (TPSA) is 57.6 Å².